The Kier molecular flexibility index (Phi) is 3.35. The van der Waals surface area contributed by atoms with Crippen LogP contribution in [0.5, 0.6) is 5.75 Å². The summed E-state index contributed by atoms with van der Waals surface area (Å²) in [6.07, 6.45) is 3.28. The first kappa shape index (κ1) is 11.1. The van der Waals surface area contributed by atoms with Crippen molar-refractivity contribution in [3.05, 3.63) is 48.3 Å². The van der Waals surface area contributed by atoms with Crippen LogP contribution in [0.15, 0.2) is 47.7 Å². The van der Waals surface area contributed by atoms with Crippen molar-refractivity contribution in [3.8, 4) is 5.75 Å². The van der Waals surface area contributed by atoms with E-state index in [-0.39, 0.29) is 0 Å². The molecule has 4 nitrogen and oxygen atoms in total. The van der Waals surface area contributed by atoms with E-state index in [9.17, 15) is 0 Å². The van der Waals surface area contributed by atoms with E-state index in [1.807, 2.05) is 24.3 Å². The van der Waals surface area contributed by atoms with Gasteiger partial charge >= 0.3 is 0 Å². The Labute approximate surface area is 99.8 Å². The first-order valence-electron chi connectivity index (χ1n) is 5.17. The zero-order valence-electron chi connectivity index (χ0n) is 9.34. The van der Waals surface area contributed by atoms with Gasteiger partial charge in [0.05, 0.1) is 6.20 Å². The summed E-state index contributed by atoms with van der Waals surface area (Å²) in [5, 5.41) is 0. The van der Waals surface area contributed by atoms with Crippen LogP contribution in [0.1, 0.15) is 5.56 Å². The van der Waals surface area contributed by atoms with E-state index in [4.69, 9.17) is 10.5 Å². The predicted octanol–water partition coefficient (Wildman–Crippen LogP) is 2.57. The highest BCUT2D eigenvalue weighted by Crippen LogP contribution is 2.25. The molecule has 0 aliphatic rings. The molecule has 17 heavy (non-hydrogen) atoms. The van der Waals surface area contributed by atoms with Crippen LogP contribution < -0.4 is 10.5 Å². The maximum atomic E-state index is 5.62. The zero-order valence-corrected chi connectivity index (χ0v) is 9.34. The number of nitrogen functional groups attached to an aromatic ring is 1. The number of hydrogen-bond donors (Lipinski definition) is 1. The Morgan fingerprint density at radius 3 is 2.71 bits per heavy atom. The second-order valence-electron chi connectivity index (χ2n) is 3.53. The summed E-state index contributed by atoms with van der Waals surface area (Å²) < 4.78 is 5.62. The normalized spacial score (nSPS) is 9.88. The van der Waals surface area contributed by atoms with Gasteiger partial charge in [0.2, 0.25) is 0 Å². The van der Waals surface area contributed by atoms with Gasteiger partial charge in [0.25, 0.3) is 0 Å². The van der Waals surface area contributed by atoms with Gasteiger partial charge in [-0.2, -0.15) is 0 Å². The molecule has 4 heteroatoms. The monoisotopic (exact) mass is 227 g/mol. The van der Waals surface area contributed by atoms with Crippen LogP contribution in [0.2, 0.25) is 0 Å². The van der Waals surface area contributed by atoms with Crippen molar-refractivity contribution in [3.63, 3.8) is 0 Å². The SMILES string of the molecule is C=Nc1ccncc1OCc1ccc(N)cc1. The number of rotatable bonds is 4. The number of nitrogens with two attached hydrogens (primary N) is 1. The van der Waals surface area contributed by atoms with Crippen LogP contribution in [0, 0.1) is 0 Å². The van der Waals surface area contributed by atoms with Gasteiger partial charge in [0.1, 0.15) is 12.3 Å². The molecule has 2 aromatic rings. The summed E-state index contributed by atoms with van der Waals surface area (Å²) in [4.78, 5) is 7.85. The van der Waals surface area contributed by atoms with Crippen molar-refractivity contribution in [1.82, 2.24) is 4.98 Å². The van der Waals surface area contributed by atoms with E-state index in [1.165, 1.54) is 0 Å². The number of hydrogen-bond acceptors (Lipinski definition) is 4. The number of pyridine rings is 1. The number of nitrogens with zero attached hydrogens (tertiary/aromatic N) is 2. The molecule has 0 aliphatic carbocycles. The number of benzene rings is 1. The van der Waals surface area contributed by atoms with Crippen LogP contribution >= 0.6 is 0 Å². The first-order chi connectivity index (χ1) is 8.29. The molecule has 0 amide bonds. The molecular weight excluding hydrogens is 214 g/mol. The van der Waals surface area contributed by atoms with E-state index < -0.39 is 0 Å². The van der Waals surface area contributed by atoms with Gasteiger partial charge in [-0.1, -0.05) is 12.1 Å². The Bertz CT molecular complexity index is 508. The highest BCUT2D eigenvalue weighted by atomic mass is 16.5. The Balaban J connectivity index is 2.07. The standard InChI is InChI=1S/C13H13N3O/c1-15-12-6-7-16-8-13(12)17-9-10-2-4-11(14)5-3-10/h2-8H,1,9,14H2. The molecule has 0 saturated carbocycles. The fraction of sp³-hybridized carbons (Fsp3) is 0.0769. The molecule has 0 spiro atoms. The summed E-state index contributed by atoms with van der Waals surface area (Å²) >= 11 is 0. The van der Waals surface area contributed by atoms with Crippen LogP contribution in [0.3, 0.4) is 0 Å². The number of ether oxygens (including phenoxy) is 1. The van der Waals surface area contributed by atoms with Crippen molar-refractivity contribution >= 4 is 18.1 Å². The summed E-state index contributed by atoms with van der Waals surface area (Å²) in [6.45, 7) is 3.94. The Morgan fingerprint density at radius 2 is 2.00 bits per heavy atom. The maximum Gasteiger partial charge on any atom is 0.163 e. The minimum atomic E-state index is 0.453. The number of aromatic nitrogens is 1. The van der Waals surface area contributed by atoms with Gasteiger partial charge in [0.15, 0.2) is 5.75 Å². The zero-order chi connectivity index (χ0) is 12.1. The molecule has 2 N–H and O–H groups in total. The van der Waals surface area contributed by atoms with Crippen LogP contribution in [0.25, 0.3) is 0 Å². The van der Waals surface area contributed by atoms with Crippen molar-refractivity contribution in [2.75, 3.05) is 5.73 Å². The van der Waals surface area contributed by atoms with Gasteiger partial charge in [-0.25, -0.2) is 0 Å². The van der Waals surface area contributed by atoms with Crippen molar-refractivity contribution in [1.29, 1.82) is 0 Å². The molecule has 1 aromatic heterocycles. The lowest BCUT2D eigenvalue weighted by molar-refractivity contribution is 0.306. The maximum absolute atomic E-state index is 5.62. The molecule has 0 saturated heterocycles. The molecule has 0 aliphatic heterocycles. The van der Waals surface area contributed by atoms with Crippen LogP contribution in [0.4, 0.5) is 11.4 Å². The molecule has 0 fully saturated rings. The number of anilines is 1. The molecule has 1 heterocycles. The lowest BCUT2D eigenvalue weighted by Gasteiger charge is -2.08. The van der Waals surface area contributed by atoms with Crippen molar-refractivity contribution < 1.29 is 4.74 Å². The third-order valence-electron chi connectivity index (χ3n) is 2.31. The average molecular weight is 227 g/mol. The summed E-state index contributed by atoms with van der Waals surface area (Å²) in [5.41, 5.74) is 8.08. The van der Waals surface area contributed by atoms with Crippen molar-refractivity contribution in [2.24, 2.45) is 4.99 Å². The predicted molar refractivity (Wildman–Crippen MR) is 68.6 cm³/mol. The van der Waals surface area contributed by atoms with Gasteiger partial charge in [-0.15, -0.1) is 0 Å². The molecule has 0 unspecified atom stereocenters. The molecule has 1 aromatic carbocycles. The minimum absolute atomic E-state index is 0.453. The Morgan fingerprint density at radius 1 is 1.24 bits per heavy atom. The fourth-order valence-corrected chi connectivity index (χ4v) is 1.39. The molecular formula is C13H13N3O. The second kappa shape index (κ2) is 5.12. The summed E-state index contributed by atoms with van der Waals surface area (Å²) in [6, 6.07) is 9.29. The Hall–Kier alpha value is -2.36. The highest BCUT2D eigenvalue weighted by molar-refractivity contribution is 5.54. The van der Waals surface area contributed by atoms with E-state index in [0.717, 1.165) is 11.3 Å². The smallest absolute Gasteiger partial charge is 0.163 e. The quantitative estimate of drug-likeness (QED) is 0.645. The lowest BCUT2D eigenvalue weighted by Crippen LogP contribution is -1.96. The largest absolute Gasteiger partial charge is 0.485 e. The van der Waals surface area contributed by atoms with Gasteiger partial charge in [0, 0.05) is 11.9 Å². The molecule has 86 valence electrons. The highest BCUT2D eigenvalue weighted by Gasteiger charge is 2.01. The minimum Gasteiger partial charge on any atom is -0.485 e. The lowest BCUT2D eigenvalue weighted by atomic mass is 10.2. The van der Waals surface area contributed by atoms with E-state index in [1.54, 1.807) is 18.5 Å². The molecule has 2 rings (SSSR count). The van der Waals surface area contributed by atoms with Crippen molar-refractivity contribution in [2.45, 2.75) is 6.61 Å². The van der Waals surface area contributed by atoms with E-state index in [2.05, 4.69) is 16.7 Å². The topological polar surface area (TPSA) is 60.5 Å². The average Bonchev–Trinajstić information content (AvgIpc) is 2.38. The van der Waals surface area contributed by atoms with E-state index >= 15 is 0 Å². The van der Waals surface area contributed by atoms with Gasteiger partial charge < -0.3 is 10.5 Å². The fourth-order valence-electron chi connectivity index (χ4n) is 1.39. The molecule has 0 atom stereocenters. The van der Waals surface area contributed by atoms with E-state index in [0.29, 0.717) is 18.0 Å². The second-order valence-corrected chi connectivity index (χ2v) is 3.53. The number of aliphatic imine (C=N–C) groups is 1. The third kappa shape index (κ3) is 2.81. The van der Waals surface area contributed by atoms with Crippen LogP contribution in [-0.2, 0) is 6.61 Å². The van der Waals surface area contributed by atoms with Gasteiger partial charge in [-0.3, -0.25) is 9.98 Å². The third-order valence-corrected chi connectivity index (χ3v) is 2.31. The molecule has 0 bridgehead atoms. The first-order valence-corrected chi connectivity index (χ1v) is 5.17. The summed E-state index contributed by atoms with van der Waals surface area (Å²) in [7, 11) is 0. The molecule has 0 radical (unpaired) electrons. The summed E-state index contributed by atoms with van der Waals surface area (Å²) in [5.74, 6) is 0.624. The van der Waals surface area contributed by atoms with Crippen LogP contribution in [-0.4, -0.2) is 11.7 Å². The van der Waals surface area contributed by atoms with Gasteiger partial charge in [-0.05, 0) is 30.5 Å².